The quantitative estimate of drug-likeness (QED) is 0.772. The van der Waals surface area contributed by atoms with Gasteiger partial charge in [0.25, 0.3) is 0 Å². The van der Waals surface area contributed by atoms with Crippen molar-refractivity contribution >= 4 is 11.7 Å². The van der Waals surface area contributed by atoms with Gasteiger partial charge in [-0.25, -0.2) is 0 Å². The molecule has 1 aliphatic carbocycles. The lowest BCUT2D eigenvalue weighted by Gasteiger charge is -2.44. The Hall–Kier alpha value is -1.64. The molecule has 1 aliphatic heterocycles. The SMILES string of the molecule is CCOC(=O)CC1=N[C@@]2(C)CCCC[C@H]2c2c(C)ccc(C)c21. The first kappa shape index (κ1) is 16.2. The minimum atomic E-state index is -0.170. The second kappa shape index (κ2) is 6.10. The van der Waals surface area contributed by atoms with Crippen LogP contribution in [0, 0.1) is 13.8 Å². The summed E-state index contributed by atoms with van der Waals surface area (Å²) in [6.45, 7) is 8.87. The lowest BCUT2D eigenvalue weighted by molar-refractivity contribution is -0.141. The van der Waals surface area contributed by atoms with Crippen LogP contribution in [0.3, 0.4) is 0 Å². The molecule has 1 fully saturated rings. The maximum absolute atomic E-state index is 12.1. The smallest absolute Gasteiger partial charge is 0.311 e. The number of ether oxygens (including phenoxy) is 1. The number of esters is 1. The van der Waals surface area contributed by atoms with E-state index in [1.54, 1.807) is 0 Å². The molecule has 2 aliphatic rings. The number of carbonyl (C=O) groups excluding carboxylic acids is 1. The van der Waals surface area contributed by atoms with E-state index < -0.39 is 0 Å². The van der Waals surface area contributed by atoms with Crippen molar-refractivity contribution in [2.75, 3.05) is 6.61 Å². The summed E-state index contributed by atoms with van der Waals surface area (Å²) in [5.41, 5.74) is 6.07. The van der Waals surface area contributed by atoms with Crippen LogP contribution >= 0.6 is 0 Å². The van der Waals surface area contributed by atoms with Gasteiger partial charge in [0, 0.05) is 11.5 Å². The molecule has 1 saturated carbocycles. The predicted molar refractivity (Wildman–Crippen MR) is 93.3 cm³/mol. The van der Waals surface area contributed by atoms with Crippen LogP contribution in [-0.4, -0.2) is 23.8 Å². The van der Waals surface area contributed by atoms with E-state index in [9.17, 15) is 4.79 Å². The van der Waals surface area contributed by atoms with Gasteiger partial charge in [-0.1, -0.05) is 25.0 Å². The minimum absolute atomic E-state index is 0.0639. The second-order valence-corrected chi connectivity index (χ2v) is 7.18. The van der Waals surface area contributed by atoms with Crippen LogP contribution in [0.1, 0.15) is 74.1 Å². The Kier molecular flexibility index (Phi) is 4.31. The molecule has 0 radical (unpaired) electrons. The van der Waals surface area contributed by atoms with Gasteiger partial charge in [0.05, 0.1) is 24.3 Å². The van der Waals surface area contributed by atoms with E-state index in [1.807, 2.05) is 6.92 Å². The molecule has 0 saturated heterocycles. The minimum Gasteiger partial charge on any atom is -0.466 e. The number of hydrogen-bond donors (Lipinski definition) is 0. The van der Waals surface area contributed by atoms with Crippen molar-refractivity contribution in [2.24, 2.45) is 4.99 Å². The van der Waals surface area contributed by atoms with Crippen LogP contribution in [0.25, 0.3) is 0 Å². The Labute approximate surface area is 139 Å². The number of carbonyl (C=O) groups is 1. The first-order valence-electron chi connectivity index (χ1n) is 8.81. The lowest BCUT2D eigenvalue weighted by Crippen LogP contribution is -2.40. The zero-order valence-electron chi connectivity index (χ0n) is 14.7. The van der Waals surface area contributed by atoms with Crippen molar-refractivity contribution in [3.8, 4) is 0 Å². The number of fused-ring (bicyclic) bond motifs is 3. The van der Waals surface area contributed by atoms with Crippen LogP contribution in [0.5, 0.6) is 0 Å². The second-order valence-electron chi connectivity index (χ2n) is 7.18. The Morgan fingerprint density at radius 1 is 1.30 bits per heavy atom. The van der Waals surface area contributed by atoms with Crippen molar-refractivity contribution in [3.63, 3.8) is 0 Å². The maximum atomic E-state index is 12.1. The van der Waals surface area contributed by atoms with E-state index in [1.165, 1.54) is 41.5 Å². The van der Waals surface area contributed by atoms with Crippen molar-refractivity contribution in [3.05, 3.63) is 34.4 Å². The molecule has 1 aromatic rings. The zero-order valence-corrected chi connectivity index (χ0v) is 14.7. The Morgan fingerprint density at radius 2 is 2.04 bits per heavy atom. The van der Waals surface area contributed by atoms with Crippen LogP contribution in [0.4, 0.5) is 0 Å². The summed E-state index contributed by atoms with van der Waals surface area (Å²) >= 11 is 0. The van der Waals surface area contributed by atoms with Crippen LogP contribution in [-0.2, 0) is 9.53 Å². The Bertz CT molecular complexity index is 662. The number of rotatable bonds is 3. The highest BCUT2D eigenvalue weighted by Crippen LogP contribution is 2.49. The molecular formula is C20H27NO2. The number of benzene rings is 1. The largest absolute Gasteiger partial charge is 0.466 e. The molecule has 0 unspecified atom stereocenters. The van der Waals surface area contributed by atoms with Crippen molar-refractivity contribution in [1.82, 2.24) is 0 Å². The van der Waals surface area contributed by atoms with Gasteiger partial charge in [-0.3, -0.25) is 9.79 Å². The number of hydrogen-bond acceptors (Lipinski definition) is 3. The highest BCUT2D eigenvalue weighted by molar-refractivity contribution is 6.12. The summed E-state index contributed by atoms with van der Waals surface area (Å²) in [6, 6.07) is 4.37. The van der Waals surface area contributed by atoms with Crippen molar-refractivity contribution < 1.29 is 9.53 Å². The van der Waals surface area contributed by atoms with Gasteiger partial charge in [0.1, 0.15) is 0 Å². The van der Waals surface area contributed by atoms with Gasteiger partial charge in [-0.2, -0.15) is 0 Å². The zero-order chi connectivity index (χ0) is 16.6. The van der Waals surface area contributed by atoms with Crippen LogP contribution in [0.2, 0.25) is 0 Å². The molecule has 3 heteroatoms. The first-order valence-corrected chi connectivity index (χ1v) is 8.81. The van der Waals surface area contributed by atoms with E-state index >= 15 is 0 Å². The van der Waals surface area contributed by atoms with Crippen molar-refractivity contribution in [1.29, 1.82) is 0 Å². The van der Waals surface area contributed by atoms with Gasteiger partial charge in [-0.05, 0) is 57.2 Å². The Morgan fingerprint density at radius 3 is 2.78 bits per heavy atom. The van der Waals surface area contributed by atoms with E-state index in [-0.39, 0.29) is 17.9 Å². The average molecular weight is 313 g/mol. The third-order valence-electron chi connectivity index (χ3n) is 5.49. The molecule has 0 N–H and O–H groups in total. The first-order chi connectivity index (χ1) is 11.0. The number of aryl methyl sites for hydroxylation is 2. The molecule has 3 rings (SSSR count). The van der Waals surface area contributed by atoms with Gasteiger partial charge < -0.3 is 4.74 Å². The lowest BCUT2D eigenvalue weighted by atomic mass is 9.66. The summed E-state index contributed by atoms with van der Waals surface area (Å²) in [5, 5.41) is 0. The average Bonchev–Trinajstić information content (AvgIpc) is 2.49. The van der Waals surface area contributed by atoms with E-state index in [0.717, 1.165) is 12.1 Å². The highest BCUT2D eigenvalue weighted by atomic mass is 16.5. The molecule has 23 heavy (non-hydrogen) atoms. The molecule has 2 atom stereocenters. The van der Waals surface area contributed by atoms with Gasteiger partial charge in [0.2, 0.25) is 0 Å². The molecule has 0 amide bonds. The standard InChI is InChI=1S/C20H27NO2/c1-5-23-17(22)12-16-19-14(3)10-9-13(2)18(19)15-8-6-7-11-20(15,4)21-16/h9-10,15H,5-8,11-12H2,1-4H3/t15-,20-/m0/s1. The molecule has 0 spiro atoms. The van der Waals surface area contributed by atoms with Crippen LogP contribution < -0.4 is 0 Å². The maximum Gasteiger partial charge on any atom is 0.311 e. The van der Waals surface area contributed by atoms with Crippen LogP contribution in [0.15, 0.2) is 17.1 Å². The monoisotopic (exact) mass is 313 g/mol. The summed E-state index contributed by atoms with van der Waals surface area (Å²) in [7, 11) is 0. The summed E-state index contributed by atoms with van der Waals surface area (Å²) in [4.78, 5) is 17.2. The van der Waals surface area contributed by atoms with E-state index in [2.05, 4.69) is 32.9 Å². The summed E-state index contributed by atoms with van der Waals surface area (Å²) in [6.07, 6.45) is 5.09. The molecule has 3 nitrogen and oxygen atoms in total. The third kappa shape index (κ3) is 2.82. The third-order valence-corrected chi connectivity index (χ3v) is 5.49. The number of aliphatic imine (C=N–C) groups is 1. The molecular weight excluding hydrogens is 286 g/mol. The van der Waals surface area contributed by atoms with Crippen molar-refractivity contribution in [2.45, 2.75) is 71.3 Å². The summed E-state index contributed by atoms with van der Waals surface area (Å²) < 4.78 is 5.18. The fourth-order valence-electron chi connectivity index (χ4n) is 4.41. The molecule has 124 valence electrons. The van der Waals surface area contributed by atoms with Gasteiger partial charge in [-0.15, -0.1) is 0 Å². The fraction of sp³-hybridized carbons (Fsp3) is 0.600. The van der Waals surface area contributed by atoms with E-state index in [4.69, 9.17) is 9.73 Å². The number of nitrogens with zero attached hydrogens (tertiary/aromatic N) is 1. The Balaban J connectivity index is 2.12. The topological polar surface area (TPSA) is 38.7 Å². The highest BCUT2D eigenvalue weighted by Gasteiger charge is 2.43. The van der Waals surface area contributed by atoms with E-state index in [0.29, 0.717) is 12.5 Å². The molecule has 0 aromatic heterocycles. The summed E-state index contributed by atoms with van der Waals surface area (Å²) in [5.74, 6) is 0.313. The molecule has 1 aromatic carbocycles. The van der Waals surface area contributed by atoms with Gasteiger partial charge in [0.15, 0.2) is 0 Å². The predicted octanol–water partition coefficient (Wildman–Crippen LogP) is 4.48. The molecule has 1 heterocycles. The normalized spacial score (nSPS) is 26.1. The van der Waals surface area contributed by atoms with Gasteiger partial charge >= 0.3 is 5.97 Å². The fourth-order valence-corrected chi connectivity index (χ4v) is 4.41. The molecule has 0 bridgehead atoms.